The molecule has 0 radical (unpaired) electrons. The second-order valence-electron chi connectivity index (χ2n) is 4.88. The van der Waals surface area contributed by atoms with Gasteiger partial charge in [0, 0.05) is 12.5 Å². The molecular formula is C15H19NO. The Balaban J connectivity index is 1.97. The molecule has 90 valence electrons. The molecule has 2 heteroatoms. The van der Waals surface area contributed by atoms with Crippen LogP contribution >= 0.6 is 0 Å². The van der Waals surface area contributed by atoms with Crippen LogP contribution in [0.2, 0.25) is 0 Å². The highest BCUT2D eigenvalue weighted by atomic mass is 16.1. The van der Waals surface area contributed by atoms with Crippen molar-refractivity contribution < 1.29 is 4.79 Å². The molecule has 0 heterocycles. The van der Waals surface area contributed by atoms with Crippen LogP contribution in [0.15, 0.2) is 36.4 Å². The van der Waals surface area contributed by atoms with Crippen LogP contribution in [0.1, 0.15) is 24.5 Å². The van der Waals surface area contributed by atoms with Crippen LogP contribution in [-0.2, 0) is 17.6 Å². The first-order valence-electron chi connectivity index (χ1n) is 6.15. The summed E-state index contributed by atoms with van der Waals surface area (Å²) in [6.45, 7) is 6.31. The zero-order chi connectivity index (χ0) is 12.3. The molecule has 0 spiro atoms. The molecule has 0 saturated carbocycles. The first kappa shape index (κ1) is 11.9. The minimum atomic E-state index is 0.129. The van der Waals surface area contributed by atoms with Crippen LogP contribution in [0.4, 0.5) is 0 Å². The Morgan fingerprint density at radius 3 is 2.82 bits per heavy atom. The van der Waals surface area contributed by atoms with Gasteiger partial charge in [0.15, 0.2) is 0 Å². The molecule has 1 aliphatic carbocycles. The van der Waals surface area contributed by atoms with E-state index in [1.807, 2.05) is 13.0 Å². The minimum absolute atomic E-state index is 0.129. The summed E-state index contributed by atoms with van der Waals surface area (Å²) in [6.07, 6.45) is 2.85. The summed E-state index contributed by atoms with van der Waals surface area (Å²) >= 11 is 0. The number of fused-ring (bicyclic) bond motifs is 1. The quantitative estimate of drug-likeness (QED) is 0.793. The normalized spacial score (nSPS) is 18.3. The number of aryl methyl sites for hydroxylation is 1. The molecule has 1 unspecified atom stereocenters. The van der Waals surface area contributed by atoms with Crippen molar-refractivity contribution in [2.45, 2.75) is 26.2 Å². The van der Waals surface area contributed by atoms with E-state index in [9.17, 15) is 4.79 Å². The van der Waals surface area contributed by atoms with E-state index in [1.54, 1.807) is 0 Å². The number of carbonyl (C=O) groups is 1. The van der Waals surface area contributed by atoms with E-state index in [4.69, 9.17) is 0 Å². The first-order chi connectivity index (χ1) is 8.16. The van der Waals surface area contributed by atoms with Gasteiger partial charge in [0.25, 0.3) is 0 Å². The van der Waals surface area contributed by atoms with Crippen molar-refractivity contribution in [3.8, 4) is 0 Å². The number of rotatable bonds is 3. The van der Waals surface area contributed by atoms with Gasteiger partial charge in [-0.05, 0) is 37.3 Å². The molecule has 1 aliphatic rings. The van der Waals surface area contributed by atoms with E-state index in [0.29, 0.717) is 6.54 Å². The lowest BCUT2D eigenvalue weighted by atomic mass is 9.83. The van der Waals surface area contributed by atoms with Crippen LogP contribution < -0.4 is 5.32 Å². The molecule has 0 saturated heterocycles. The summed E-state index contributed by atoms with van der Waals surface area (Å²) in [6, 6.07) is 8.41. The molecule has 1 amide bonds. The van der Waals surface area contributed by atoms with Crippen molar-refractivity contribution in [3.05, 3.63) is 47.5 Å². The predicted molar refractivity (Wildman–Crippen MR) is 69.8 cm³/mol. The van der Waals surface area contributed by atoms with E-state index >= 15 is 0 Å². The van der Waals surface area contributed by atoms with E-state index in [-0.39, 0.29) is 11.8 Å². The van der Waals surface area contributed by atoms with Gasteiger partial charge >= 0.3 is 0 Å². The second kappa shape index (κ2) is 5.17. The Labute approximate surface area is 103 Å². The predicted octanol–water partition coefficient (Wildman–Crippen LogP) is 2.48. The standard InChI is InChI=1S/C15H19NO/c1-11(2)10-16-15(17)14-8-7-12-5-3-4-6-13(12)9-14/h3-6,14H,1,7-10H2,2H3,(H,16,17). The molecule has 17 heavy (non-hydrogen) atoms. The van der Waals surface area contributed by atoms with Crippen molar-refractivity contribution in [1.29, 1.82) is 0 Å². The van der Waals surface area contributed by atoms with Crippen molar-refractivity contribution in [3.63, 3.8) is 0 Å². The zero-order valence-corrected chi connectivity index (χ0v) is 10.3. The first-order valence-corrected chi connectivity index (χ1v) is 6.15. The average Bonchev–Trinajstić information content (AvgIpc) is 2.35. The van der Waals surface area contributed by atoms with Gasteiger partial charge in [-0.15, -0.1) is 0 Å². The number of hydrogen-bond acceptors (Lipinski definition) is 1. The van der Waals surface area contributed by atoms with Crippen LogP contribution in [-0.4, -0.2) is 12.5 Å². The van der Waals surface area contributed by atoms with E-state index in [2.05, 4.69) is 30.1 Å². The van der Waals surface area contributed by atoms with Crippen molar-refractivity contribution >= 4 is 5.91 Å². The summed E-state index contributed by atoms with van der Waals surface area (Å²) in [5.74, 6) is 0.298. The summed E-state index contributed by atoms with van der Waals surface area (Å²) in [5, 5.41) is 2.94. The zero-order valence-electron chi connectivity index (χ0n) is 10.3. The molecule has 1 aromatic carbocycles. The topological polar surface area (TPSA) is 29.1 Å². The van der Waals surface area contributed by atoms with Crippen LogP contribution in [0.3, 0.4) is 0 Å². The molecule has 1 aromatic rings. The Hall–Kier alpha value is -1.57. The van der Waals surface area contributed by atoms with Crippen LogP contribution in [0, 0.1) is 5.92 Å². The maximum Gasteiger partial charge on any atom is 0.223 e. The van der Waals surface area contributed by atoms with Gasteiger partial charge < -0.3 is 5.32 Å². The SMILES string of the molecule is C=C(C)CNC(=O)C1CCc2ccccc2C1. The molecule has 0 fully saturated rings. The largest absolute Gasteiger partial charge is 0.352 e. The second-order valence-corrected chi connectivity index (χ2v) is 4.88. The van der Waals surface area contributed by atoms with Gasteiger partial charge in [0.2, 0.25) is 5.91 Å². The van der Waals surface area contributed by atoms with Gasteiger partial charge in [-0.3, -0.25) is 4.79 Å². The smallest absolute Gasteiger partial charge is 0.223 e. The number of benzene rings is 1. The summed E-state index contributed by atoms with van der Waals surface area (Å²) in [7, 11) is 0. The molecule has 0 aliphatic heterocycles. The van der Waals surface area contributed by atoms with E-state index in [1.165, 1.54) is 11.1 Å². The highest BCUT2D eigenvalue weighted by Crippen LogP contribution is 2.25. The molecular weight excluding hydrogens is 210 g/mol. The maximum absolute atomic E-state index is 12.0. The van der Waals surface area contributed by atoms with Crippen molar-refractivity contribution in [2.24, 2.45) is 5.92 Å². The lowest BCUT2D eigenvalue weighted by molar-refractivity contribution is -0.125. The highest BCUT2D eigenvalue weighted by molar-refractivity contribution is 5.79. The monoisotopic (exact) mass is 229 g/mol. The van der Waals surface area contributed by atoms with Gasteiger partial charge in [-0.2, -0.15) is 0 Å². The molecule has 2 nitrogen and oxygen atoms in total. The fourth-order valence-corrected chi connectivity index (χ4v) is 2.30. The number of amides is 1. The Bertz CT molecular complexity index is 436. The molecule has 0 bridgehead atoms. The average molecular weight is 229 g/mol. The minimum Gasteiger partial charge on any atom is -0.352 e. The summed E-state index contributed by atoms with van der Waals surface area (Å²) in [4.78, 5) is 12.0. The Morgan fingerprint density at radius 1 is 1.41 bits per heavy atom. The third kappa shape index (κ3) is 2.96. The van der Waals surface area contributed by atoms with Crippen molar-refractivity contribution in [2.75, 3.05) is 6.54 Å². The van der Waals surface area contributed by atoms with Gasteiger partial charge in [0.05, 0.1) is 0 Å². The molecule has 0 aromatic heterocycles. The van der Waals surface area contributed by atoms with Gasteiger partial charge in [-0.1, -0.05) is 36.4 Å². The lowest BCUT2D eigenvalue weighted by Gasteiger charge is -2.23. The third-order valence-corrected chi connectivity index (χ3v) is 3.28. The molecule has 1 N–H and O–H groups in total. The van der Waals surface area contributed by atoms with E-state index in [0.717, 1.165) is 24.8 Å². The van der Waals surface area contributed by atoms with E-state index < -0.39 is 0 Å². The number of carbonyl (C=O) groups excluding carboxylic acids is 1. The fourth-order valence-electron chi connectivity index (χ4n) is 2.30. The molecule has 1 atom stereocenters. The summed E-state index contributed by atoms with van der Waals surface area (Å²) < 4.78 is 0. The number of nitrogens with one attached hydrogen (secondary N) is 1. The van der Waals surface area contributed by atoms with Gasteiger partial charge in [0.1, 0.15) is 0 Å². The fraction of sp³-hybridized carbons (Fsp3) is 0.400. The van der Waals surface area contributed by atoms with Crippen molar-refractivity contribution in [1.82, 2.24) is 5.32 Å². The van der Waals surface area contributed by atoms with Crippen LogP contribution in [0.5, 0.6) is 0 Å². The van der Waals surface area contributed by atoms with Crippen LogP contribution in [0.25, 0.3) is 0 Å². The van der Waals surface area contributed by atoms with Gasteiger partial charge in [-0.25, -0.2) is 0 Å². The lowest BCUT2D eigenvalue weighted by Crippen LogP contribution is -2.34. The Kier molecular flexibility index (Phi) is 3.62. The highest BCUT2D eigenvalue weighted by Gasteiger charge is 2.23. The third-order valence-electron chi connectivity index (χ3n) is 3.28. The Morgan fingerprint density at radius 2 is 2.12 bits per heavy atom. The summed E-state index contributed by atoms with van der Waals surface area (Å²) in [5.41, 5.74) is 3.72. The molecule has 2 rings (SSSR count). The number of hydrogen-bond donors (Lipinski definition) is 1. The maximum atomic E-state index is 12.0.